The van der Waals surface area contributed by atoms with E-state index in [4.69, 9.17) is 9.47 Å². The summed E-state index contributed by atoms with van der Waals surface area (Å²) in [6.07, 6.45) is 0. The molecule has 7 aromatic carbocycles. The van der Waals surface area contributed by atoms with Crippen molar-refractivity contribution < 1.29 is 38.2 Å². The highest BCUT2D eigenvalue weighted by Gasteiger charge is 2.40. The summed E-state index contributed by atoms with van der Waals surface area (Å²) >= 11 is 3.57. The number of anilines is 4. The van der Waals surface area contributed by atoms with Crippen LogP contribution >= 0.6 is 15.9 Å². The highest BCUT2D eigenvalue weighted by molar-refractivity contribution is 9.10. The van der Waals surface area contributed by atoms with Crippen LogP contribution in [0.5, 0.6) is 11.5 Å². The van der Waals surface area contributed by atoms with Crippen molar-refractivity contribution in [3.63, 3.8) is 0 Å². The maximum Gasteiger partial charge on any atom is 0.258 e. The minimum absolute atomic E-state index is 0.0455. The molecule has 0 saturated carbocycles. The SMILES string of the molecule is CN[C@@H](C)C(=O)N[C@H]1CN(C(=O)c2ccc(C(=O)N3C[C@H](NC(=O)[C@H](C)NC)C(=O)N(Cc4c(OC)ccc5cc(Br)ccc45)c4ccccc43)cc2)c2ccccc2N(Cc2c(OC)ccc3cc(C)ccc23)C1=O. The molecule has 0 saturated heterocycles. The van der Waals surface area contributed by atoms with Gasteiger partial charge in [-0.2, -0.15) is 0 Å². The molecule has 7 aromatic rings. The molecule has 0 aromatic heterocycles. The molecule has 0 radical (unpaired) electrons. The first-order valence-corrected chi connectivity index (χ1v) is 25.7. The molecule has 2 aliphatic rings. The molecule has 4 N–H and O–H groups in total. The molecular formula is C59H59BrN8O8. The van der Waals surface area contributed by atoms with Gasteiger partial charge in [-0.05, 0) is 129 Å². The Bertz CT molecular complexity index is 3200. The Labute approximate surface area is 449 Å². The van der Waals surface area contributed by atoms with Gasteiger partial charge in [0, 0.05) is 26.7 Å². The van der Waals surface area contributed by atoms with Crippen molar-refractivity contribution in [1.29, 1.82) is 0 Å². The van der Waals surface area contributed by atoms with Gasteiger partial charge in [0.2, 0.25) is 11.8 Å². The highest BCUT2D eigenvalue weighted by atomic mass is 79.9. The van der Waals surface area contributed by atoms with E-state index in [-0.39, 0.29) is 37.3 Å². The molecule has 0 spiro atoms. The van der Waals surface area contributed by atoms with Crippen molar-refractivity contribution in [2.45, 2.75) is 58.0 Å². The van der Waals surface area contributed by atoms with Crippen LogP contribution in [-0.4, -0.2) is 101 Å². The monoisotopic (exact) mass is 1090 g/mol. The number of fused-ring (bicyclic) bond motifs is 4. The number of nitrogens with zero attached hydrogens (tertiary/aromatic N) is 4. The Hall–Kier alpha value is -8.12. The number of rotatable bonds is 14. The smallest absolute Gasteiger partial charge is 0.258 e. The summed E-state index contributed by atoms with van der Waals surface area (Å²) in [5.41, 5.74) is 4.69. The third kappa shape index (κ3) is 10.3. The van der Waals surface area contributed by atoms with Crippen molar-refractivity contribution in [1.82, 2.24) is 21.3 Å². The summed E-state index contributed by atoms with van der Waals surface area (Å²) in [4.78, 5) is 93.4. The number of likely N-dealkylation sites (N-methyl/N-ethyl adjacent to an activating group) is 2. The number of amides is 6. The number of halogens is 1. The number of benzene rings is 7. The second kappa shape index (κ2) is 22.4. The van der Waals surface area contributed by atoms with Crippen LogP contribution in [0.3, 0.4) is 0 Å². The average molecular weight is 1090 g/mol. The van der Waals surface area contributed by atoms with E-state index in [2.05, 4.69) is 43.3 Å². The first kappa shape index (κ1) is 52.7. The van der Waals surface area contributed by atoms with E-state index < -0.39 is 59.6 Å². The molecule has 16 nitrogen and oxygen atoms in total. The van der Waals surface area contributed by atoms with Gasteiger partial charge in [-0.15, -0.1) is 0 Å². The number of aryl methyl sites for hydroxylation is 1. The zero-order valence-electron chi connectivity index (χ0n) is 43.3. The van der Waals surface area contributed by atoms with Crippen LogP contribution in [0.1, 0.15) is 51.3 Å². The summed E-state index contributed by atoms with van der Waals surface area (Å²) in [7, 11) is 6.44. The van der Waals surface area contributed by atoms with Gasteiger partial charge in [0.1, 0.15) is 23.6 Å². The topological polar surface area (TPSA) is 182 Å². The number of hydrogen-bond acceptors (Lipinski definition) is 10. The fourth-order valence-corrected chi connectivity index (χ4v) is 10.3. The van der Waals surface area contributed by atoms with Crippen LogP contribution < -0.4 is 50.3 Å². The second-order valence-electron chi connectivity index (χ2n) is 19.0. The lowest BCUT2D eigenvalue weighted by Gasteiger charge is -2.27. The largest absolute Gasteiger partial charge is 0.496 e. The summed E-state index contributed by atoms with van der Waals surface area (Å²) < 4.78 is 12.6. The molecule has 76 heavy (non-hydrogen) atoms. The molecule has 2 heterocycles. The highest BCUT2D eigenvalue weighted by Crippen LogP contribution is 2.40. The van der Waals surface area contributed by atoms with E-state index in [1.54, 1.807) is 125 Å². The van der Waals surface area contributed by atoms with Gasteiger partial charge in [-0.1, -0.05) is 82.2 Å². The molecule has 17 heteroatoms. The van der Waals surface area contributed by atoms with Gasteiger partial charge in [0.05, 0.1) is 75.2 Å². The average Bonchev–Trinajstić information content (AvgIpc) is 3.62. The van der Waals surface area contributed by atoms with Crippen molar-refractivity contribution in [3.8, 4) is 11.5 Å². The molecule has 0 aliphatic carbocycles. The molecule has 9 rings (SSSR count). The number of methoxy groups -OCH3 is 2. The minimum atomic E-state index is -1.18. The van der Waals surface area contributed by atoms with E-state index in [0.717, 1.165) is 42.7 Å². The number of carbonyl (C=O) groups excluding carboxylic acids is 6. The Morgan fingerprint density at radius 3 is 1.39 bits per heavy atom. The van der Waals surface area contributed by atoms with Crippen LogP contribution in [-0.2, 0) is 32.3 Å². The van der Waals surface area contributed by atoms with Gasteiger partial charge < -0.3 is 50.3 Å². The molecule has 0 fully saturated rings. The Morgan fingerprint density at radius 1 is 0.566 bits per heavy atom. The van der Waals surface area contributed by atoms with Crippen LogP contribution in [0.2, 0.25) is 0 Å². The zero-order chi connectivity index (χ0) is 53.9. The van der Waals surface area contributed by atoms with Crippen molar-refractivity contribution in [2.75, 3.05) is 61.0 Å². The Kier molecular flexibility index (Phi) is 15.5. The normalized spacial score (nSPS) is 16.3. The number of para-hydroxylation sites is 4. The Morgan fingerprint density at radius 2 is 0.974 bits per heavy atom. The third-order valence-corrected chi connectivity index (χ3v) is 14.8. The van der Waals surface area contributed by atoms with Gasteiger partial charge in [0.15, 0.2) is 0 Å². The molecule has 0 unspecified atom stereocenters. The molecule has 6 amide bonds. The first-order chi connectivity index (χ1) is 36.6. The molecule has 2 aliphatic heterocycles. The summed E-state index contributed by atoms with van der Waals surface area (Å²) in [5.74, 6) is -1.58. The lowest BCUT2D eigenvalue weighted by Crippen LogP contribution is -2.55. The molecular weight excluding hydrogens is 1030 g/mol. The van der Waals surface area contributed by atoms with Crippen LogP contribution in [0, 0.1) is 6.92 Å². The van der Waals surface area contributed by atoms with Gasteiger partial charge >= 0.3 is 0 Å². The van der Waals surface area contributed by atoms with Crippen molar-refractivity contribution in [3.05, 3.63) is 166 Å². The lowest BCUT2D eigenvalue weighted by atomic mass is 10.0. The molecule has 0 bridgehead atoms. The van der Waals surface area contributed by atoms with E-state index >= 15 is 14.4 Å². The van der Waals surface area contributed by atoms with Crippen molar-refractivity contribution in [2.24, 2.45) is 0 Å². The third-order valence-electron chi connectivity index (χ3n) is 14.3. The number of ether oxygens (including phenoxy) is 2. The molecule has 390 valence electrons. The summed E-state index contributed by atoms with van der Waals surface area (Å²) in [6.45, 7) is 5.05. The van der Waals surface area contributed by atoms with E-state index in [1.807, 2.05) is 61.5 Å². The number of nitrogens with one attached hydrogen (secondary N) is 4. The first-order valence-electron chi connectivity index (χ1n) is 25.0. The summed E-state index contributed by atoms with van der Waals surface area (Å²) in [5, 5.41) is 15.3. The van der Waals surface area contributed by atoms with E-state index in [1.165, 1.54) is 9.80 Å². The van der Waals surface area contributed by atoms with Gasteiger partial charge in [-0.25, -0.2) is 0 Å². The summed E-state index contributed by atoms with van der Waals surface area (Å²) in [6, 6.07) is 36.3. The minimum Gasteiger partial charge on any atom is -0.496 e. The van der Waals surface area contributed by atoms with Crippen LogP contribution in [0.25, 0.3) is 21.5 Å². The van der Waals surface area contributed by atoms with Crippen molar-refractivity contribution >= 4 is 95.7 Å². The second-order valence-corrected chi connectivity index (χ2v) is 19.9. The van der Waals surface area contributed by atoms with E-state index in [9.17, 15) is 14.4 Å². The Balaban J connectivity index is 1.07. The number of hydrogen-bond donors (Lipinski definition) is 4. The molecule has 4 atom stereocenters. The van der Waals surface area contributed by atoms with Crippen LogP contribution in [0.15, 0.2) is 138 Å². The van der Waals surface area contributed by atoms with E-state index in [0.29, 0.717) is 34.2 Å². The predicted octanol–water partition coefficient (Wildman–Crippen LogP) is 7.65. The van der Waals surface area contributed by atoms with Crippen LogP contribution in [0.4, 0.5) is 22.7 Å². The maximum atomic E-state index is 15.1. The number of carbonyl (C=O) groups is 6. The maximum absolute atomic E-state index is 15.1. The fourth-order valence-electron chi connectivity index (χ4n) is 9.88. The van der Waals surface area contributed by atoms with Gasteiger partial charge in [-0.3, -0.25) is 28.8 Å². The van der Waals surface area contributed by atoms with Gasteiger partial charge in [0.25, 0.3) is 23.6 Å². The quantitative estimate of drug-likeness (QED) is 0.0845. The predicted molar refractivity (Wildman–Crippen MR) is 299 cm³/mol. The lowest BCUT2D eigenvalue weighted by molar-refractivity contribution is -0.128. The zero-order valence-corrected chi connectivity index (χ0v) is 44.9. The fraction of sp³-hybridized carbons (Fsp3) is 0.254. The standard InChI is InChI=1S/C59H59BrN8O8/c1-34-16-24-42-39(28-34)21-26-52(75-6)44(42)30-65-48-12-8-10-14-50(48)67(32-46(58(65)73)63-54(69)35(2)61-4)56(71)37-17-19-38(20-18-37)57(72)68-33-47(64-55(70)36(3)62-5)59(74)66(49-13-9-11-15-51(49)68)31-45-43-25-23-41(60)29-40(43)22-27-53(45)76-7/h8-29,35-36,46-47,61-62H,30-33H2,1-7H3,(H,63,69)(H,64,70)/t35-,36-,46-,47-/m0/s1.